The summed E-state index contributed by atoms with van der Waals surface area (Å²) in [6, 6.07) is 3.87. The zero-order valence-corrected chi connectivity index (χ0v) is 12.6. The van der Waals surface area contributed by atoms with Crippen LogP contribution < -0.4 is 0 Å². The number of hydrogen-bond donors (Lipinski definition) is 1. The van der Waals surface area contributed by atoms with Crippen LogP contribution in [0.2, 0.25) is 0 Å². The Hall–Kier alpha value is -1.59. The quantitative estimate of drug-likeness (QED) is 0.938. The molecular formula is C16H22N2O3. The van der Waals surface area contributed by atoms with Crippen LogP contribution >= 0.6 is 0 Å². The highest BCUT2D eigenvalue weighted by Gasteiger charge is 2.27. The lowest BCUT2D eigenvalue weighted by Gasteiger charge is -2.37. The fraction of sp³-hybridized carbons (Fsp3) is 0.562. The molecule has 0 unspecified atom stereocenters. The maximum absolute atomic E-state index is 9.95. The van der Waals surface area contributed by atoms with Gasteiger partial charge in [-0.25, -0.2) is 4.98 Å². The van der Waals surface area contributed by atoms with Gasteiger partial charge in [0.05, 0.1) is 18.1 Å². The van der Waals surface area contributed by atoms with Gasteiger partial charge in [-0.1, -0.05) is 6.42 Å². The van der Waals surface area contributed by atoms with Crippen molar-refractivity contribution in [2.75, 3.05) is 6.54 Å². The van der Waals surface area contributed by atoms with E-state index in [1.54, 1.807) is 6.26 Å². The molecule has 1 fully saturated rings. The number of aliphatic hydroxyl groups is 1. The number of rotatable bonds is 4. The fourth-order valence-corrected chi connectivity index (χ4v) is 3.03. The Balaban J connectivity index is 1.78. The first-order valence-corrected chi connectivity index (χ1v) is 7.57. The molecule has 1 aliphatic heterocycles. The number of oxazole rings is 1. The van der Waals surface area contributed by atoms with Crippen molar-refractivity contribution in [1.82, 2.24) is 9.88 Å². The van der Waals surface area contributed by atoms with Crippen LogP contribution in [0.25, 0.3) is 11.7 Å². The summed E-state index contributed by atoms with van der Waals surface area (Å²) in [5.41, 5.74) is 0.925. The highest BCUT2D eigenvalue weighted by molar-refractivity contribution is 5.44. The number of piperidine rings is 1. The van der Waals surface area contributed by atoms with Crippen LogP contribution in [-0.2, 0) is 6.54 Å². The smallest absolute Gasteiger partial charge is 0.263 e. The van der Waals surface area contributed by atoms with Crippen LogP contribution in [0.4, 0.5) is 0 Å². The highest BCUT2D eigenvalue weighted by Crippen LogP contribution is 2.26. The van der Waals surface area contributed by atoms with Crippen molar-refractivity contribution in [2.45, 2.75) is 51.8 Å². The average molecular weight is 290 g/mol. The summed E-state index contributed by atoms with van der Waals surface area (Å²) in [5.74, 6) is 1.99. The highest BCUT2D eigenvalue weighted by atomic mass is 16.4. The lowest BCUT2D eigenvalue weighted by atomic mass is 9.98. The first-order chi connectivity index (χ1) is 10.1. The molecule has 2 atom stereocenters. The predicted octanol–water partition coefficient (Wildman–Crippen LogP) is 2.98. The van der Waals surface area contributed by atoms with Crippen molar-refractivity contribution in [3.8, 4) is 11.7 Å². The normalized spacial score (nSPS) is 21.6. The molecule has 5 heteroatoms. The molecule has 1 N–H and O–H groups in total. The summed E-state index contributed by atoms with van der Waals surface area (Å²) >= 11 is 0. The molecule has 0 radical (unpaired) electrons. The number of likely N-dealkylation sites (tertiary alicyclic amines) is 1. The van der Waals surface area contributed by atoms with Crippen molar-refractivity contribution in [3.63, 3.8) is 0 Å². The summed E-state index contributed by atoms with van der Waals surface area (Å²) in [6.07, 6.45) is 4.69. The van der Waals surface area contributed by atoms with Gasteiger partial charge in [0.15, 0.2) is 5.76 Å². The molecule has 0 amide bonds. The third kappa shape index (κ3) is 3.04. The van der Waals surface area contributed by atoms with Gasteiger partial charge in [0.2, 0.25) is 0 Å². The van der Waals surface area contributed by atoms with Crippen molar-refractivity contribution in [1.29, 1.82) is 0 Å². The summed E-state index contributed by atoms with van der Waals surface area (Å²) in [6.45, 7) is 5.51. The van der Waals surface area contributed by atoms with Crippen LogP contribution in [0.3, 0.4) is 0 Å². The van der Waals surface area contributed by atoms with Gasteiger partial charge in [0, 0.05) is 12.6 Å². The van der Waals surface area contributed by atoms with Crippen molar-refractivity contribution < 1.29 is 13.9 Å². The van der Waals surface area contributed by atoms with Crippen LogP contribution in [0.1, 0.15) is 37.6 Å². The van der Waals surface area contributed by atoms with Gasteiger partial charge in [-0.15, -0.1) is 0 Å². The van der Waals surface area contributed by atoms with Gasteiger partial charge in [0.25, 0.3) is 5.89 Å². The standard InChI is InChI=1S/C16H22N2O3/c1-11(19)14-6-3-4-8-18(14)10-13-12(2)21-16(17-13)15-7-5-9-20-15/h5,7,9,11,14,19H,3-4,6,8,10H2,1-2H3/t11-,14-/m1/s1. The lowest BCUT2D eigenvalue weighted by molar-refractivity contribution is 0.0308. The van der Waals surface area contributed by atoms with Gasteiger partial charge in [-0.3, -0.25) is 4.90 Å². The van der Waals surface area contributed by atoms with Gasteiger partial charge < -0.3 is 13.9 Å². The van der Waals surface area contributed by atoms with E-state index in [9.17, 15) is 5.11 Å². The predicted molar refractivity (Wildman–Crippen MR) is 78.7 cm³/mol. The summed E-state index contributed by atoms with van der Waals surface area (Å²) in [4.78, 5) is 6.87. The van der Waals surface area contributed by atoms with E-state index in [0.29, 0.717) is 18.2 Å². The van der Waals surface area contributed by atoms with Crippen LogP contribution in [-0.4, -0.2) is 33.7 Å². The van der Waals surface area contributed by atoms with Crippen molar-refractivity contribution in [2.24, 2.45) is 0 Å². The van der Waals surface area contributed by atoms with Crippen molar-refractivity contribution >= 4 is 0 Å². The summed E-state index contributed by atoms with van der Waals surface area (Å²) in [7, 11) is 0. The zero-order chi connectivity index (χ0) is 14.8. The topological polar surface area (TPSA) is 62.6 Å². The minimum absolute atomic E-state index is 0.210. The second-order valence-electron chi connectivity index (χ2n) is 5.77. The maximum atomic E-state index is 9.95. The number of furan rings is 1. The van der Waals surface area contributed by atoms with E-state index < -0.39 is 0 Å². The molecule has 2 aromatic heterocycles. The third-order valence-corrected chi connectivity index (χ3v) is 4.20. The molecule has 0 aliphatic carbocycles. The largest absolute Gasteiger partial charge is 0.459 e. The van der Waals surface area contributed by atoms with E-state index >= 15 is 0 Å². The molecule has 2 aromatic rings. The minimum Gasteiger partial charge on any atom is -0.459 e. The molecule has 114 valence electrons. The number of nitrogens with zero attached hydrogens (tertiary/aromatic N) is 2. The number of aryl methyl sites for hydroxylation is 1. The summed E-state index contributed by atoms with van der Waals surface area (Å²) < 4.78 is 11.0. The van der Waals surface area contributed by atoms with E-state index in [2.05, 4.69) is 9.88 Å². The lowest BCUT2D eigenvalue weighted by Crippen LogP contribution is -2.45. The maximum Gasteiger partial charge on any atom is 0.263 e. The first kappa shape index (κ1) is 14.4. The minimum atomic E-state index is -0.318. The molecule has 1 saturated heterocycles. The molecule has 0 aromatic carbocycles. The van der Waals surface area contributed by atoms with Crippen LogP contribution in [0.5, 0.6) is 0 Å². The molecule has 5 nitrogen and oxygen atoms in total. The Bertz CT molecular complexity index is 574. The molecule has 3 rings (SSSR count). The fourth-order valence-electron chi connectivity index (χ4n) is 3.03. The van der Waals surface area contributed by atoms with Gasteiger partial charge in [-0.2, -0.15) is 0 Å². The van der Waals surface area contributed by atoms with Crippen molar-refractivity contribution in [3.05, 3.63) is 29.9 Å². The Kier molecular flexibility index (Phi) is 4.12. The molecular weight excluding hydrogens is 268 g/mol. The molecule has 21 heavy (non-hydrogen) atoms. The second-order valence-corrected chi connectivity index (χ2v) is 5.77. The monoisotopic (exact) mass is 290 g/mol. The van der Waals surface area contributed by atoms with E-state index in [1.807, 2.05) is 26.0 Å². The molecule has 3 heterocycles. The Morgan fingerprint density at radius 2 is 2.33 bits per heavy atom. The van der Waals surface area contributed by atoms with Crippen LogP contribution in [0, 0.1) is 6.92 Å². The van der Waals surface area contributed by atoms with E-state index in [1.165, 1.54) is 12.8 Å². The third-order valence-electron chi connectivity index (χ3n) is 4.20. The van der Waals surface area contributed by atoms with Gasteiger partial charge in [0.1, 0.15) is 5.76 Å². The Labute approximate surface area is 124 Å². The van der Waals surface area contributed by atoms with E-state index in [-0.39, 0.29) is 12.1 Å². The number of aromatic nitrogens is 1. The van der Waals surface area contributed by atoms with E-state index in [4.69, 9.17) is 8.83 Å². The molecule has 0 saturated carbocycles. The van der Waals surface area contributed by atoms with Gasteiger partial charge in [-0.05, 0) is 45.4 Å². The Morgan fingerprint density at radius 3 is 3.05 bits per heavy atom. The second kappa shape index (κ2) is 6.03. The number of aliphatic hydroxyl groups excluding tert-OH is 1. The van der Waals surface area contributed by atoms with Gasteiger partial charge >= 0.3 is 0 Å². The molecule has 1 aliphatic rings. The number of hydrogen-bond acceptors (Lipinski definition) is 5. The average Bonchev–Trinajstić information content (AvgIpc) is 3.10. The molecule has 0 spiro atoms. The first-order valence-electron chi connectivity index (χ1n) is 7.57. The van der Waals surface area contributed by atoms with Crippen LogP contribution in [0.15, 0.2) is 27.2 Å². The SMILES string of the molecule is Cc1oc(-c2ccco2)nc1CN1CCCC[C@@H]1[C@@H](C)O. The Morgan fingerprint density at radius 1 is 1.48 bits per heavy atom. The summed E-state index contributed by atoms with van der Waals surface area (Å²) in [5, 5.41) is 9.95. The van der Waals surface area contributed by atoms with E-state index in [0.717, 1.165) is 24.4 Å². The molecule has 0 bridgehead atoms. The zero-order valence-electron chi connectivity index (χ0n) is 12.6.